The van der Waals surface area contributed by atoms with E-state index in [0.717, 1.165) is 30.6 Å². The normalized spacial score (nSPS) is 18.2. The minimum atomic E-state index is -0.102. The Hall–Kier alpha value is -1.88. The summed E-state index contributed by atoms with van der Waals surface area (Å²) < 4.78 is 1.64. The second-order valence-corrected chi connectivity index (χ2v) is 5.69. The first-order valence-electron chi connectivity index (χ1n) is 6.99. The summed E-state index contributed by atoms with van der Waals surface area (Å²) in [6.07, 6.45) is 5.49. The quantitative estimate of drug-likeness (QED) is 0.857. The van der Waals surface area contributed by atoms with Crippen molar-refractivity contribution in [1.82, 2.24) is 19.7 Å². The van der Waals surface area contributed by atoms with E-state index in [4.69, 9.17) is 11.6 Å². The van der Waals surface area contributed by atoms with Crippen molar-refractivity contribution in [1.29, 1.82) is 0 Å². The summed E-state index contributed by atoms with van der Waals surface area (Å²) in [5.74, 6) is -0.102. The fraction of sp³-hybridized carbons (Fsp3) is 0.400. The maximum absolute atomic E-state index is 12.8. The molecule has 1 unspecified atom stereocenters. The van der Waals surface area contributed by atoms with Crippen LogP contribution < -0.4 is 0 Å². The summed E-state index contributed by atoms with van der Waals surface area (Å²) in [5.41, 5.74) is 2.21. The molecule has 1 saturated heterocycles. The molecule has 5 nitrogen and oxygen atoms in total. The van der Waals surface area contributed by atoms with Crippen LogP contribution in [0.5, 0.6) is 0 Å². The maximum Gasteiger partial charge on any atom is 0.276 e. The Bertz CT molecular complexity index is 668. The van der Waals surface area contributed by atoms with Gasteiger partial charge in [-0.15, -0.1) is 0 Å². The van der Waals surface area contributed by atoms with Crippen molar-refractivity contribution >= 4 is 17.5 Å². The van der Waals surface area contributed by atoms with Gasteiger partial charge in [-0.2, -0.15) is 5.10 Å². The molecule has 1 aliphatic rings. The van der Waals surface area contributed by atoms with Crippen LogP contribution in [0.2, 0.25) is 5.02 Å². The van der Waals surface area contributed by atoms with Crippen molar-refractivity contribution in [3.8, 4) is 0 Å². The van der Waals surface area contributed by atoms with Crippen LogP contribution in [-0.4, -0.2) is 32.1 Å². The molecule has 110 valence electrons. The molecule has 0 bridgehead atoms. The molecule has 3 rings (SSSR count). The van der Waals surface area contributed by atoms with Crippen molar-refractivity contribution in [3.05, 3.63) is 46.5 Å². The minimum Gasteiger partial charge on any atom is -0.330 e. The number of hydrogen-bond acceptors (Lipinski definition) is 3. The molecule has 2 aromatic heterocycles. The number of rotatable bonds is 2. The first-order chi connectivity index (χ1) is 10.1. The SMILES string of the molecule is Cc1c(Cl)c(C(=O)N2CCCC2c2cccnc2)nn1C. The summed E-state index contributed by atoms with van der Waals surface area (Å²) in [6.45, 7) is 2.58. The van der Waals surface area contributed by atoms with Crippen molar-refractivity contribution in [2.45, 2.75) is 25.8 Å². The average molecular weight is 305 g/mol. The third-order valence-corrected chi connectivity index (χ3v) is 4.50. The predicted molar refractivity (Wildman–Crippen MR) is 80.2 cm³/mol. The van der Waals surface area contributed by atoms with Gasteiger partial charge >= 0.3 is 0 Å². The van der Waals surface area contributed by atoms with E-state index in [1.165, 1.54) is 0 Å². The molecule has 1 fully saturated rings. The number of amides is 1. The smallest absolute Gasteiger partial charge is 0.276 e. The number of carbonyl (C=O) groups is 1. The number of hydrogen-bond donors (Lipinski definition) is 0. The van der Waals surface area contributed by atoms with Crippen molar-refractivity contribution in [2.75, 3.05) is 6.54 Å². The number of aromatic nitrogens is 3. The lowest BCUT2D eigenvalue weighted by Crippen LogP contribution is -2.31. The van der Waals surface area contributed by atoms with Gasteiger partial charge in [0.2, 0.25) is 0 Å². The van der Waals surface area contributed by atoms with Crippen molar-refractivity contribution in [2.24, 2.45) is 7.05 Å². The largest absolute Gasteiger partial charge is 0.330 e. The molecule has 0 aromatic carbocycles. The number of nitrogens with zero attached hydrogens (tertiary/aromatic N) is 4. The van der Waals surface area contributed by atoms with E-state index in [-0.39, 0.29) is 11.9 Å². The summed E-state index contributed by atoms with van der Waals surface area (Å²) in [4.78, 5) is 18.8. The molecule has 0 aliphatic carbocycles. The number of aryl methyl sites for hydroxylation is 1. The van der Waals surface area contributed by atoms with Gasteiger partial charge in [0.15, 0.2) is 5.69 Å². The van der Waals surface area contributed by atoms with Crippen LogP contribution in [0.25, 0.3) is 0 Å². The fourth-order valence-electron chi connectivity index (χ4n) is 2.78. The summed E-state index contributed by atoms with van der Waals surface area (Å²) >= 11 is 6.24. The Labute approximate surface area is 128 Å². The second-order valence-electron chi connectivity index (χ2n) is 5.31. The zero-order valence-electron chi connectivity index (χ0n) is 12.1. The molecule has 0 spiro atoms. The predicted octanol–water partition coefficient (Wildman–Crippen LogP) is 2.75. The molecule has 0 saturated carbocycles. The van der Waals surface area contributed by atoms with Gasteiger partial charge in [0, 0.05) is 26.0 Å². The molecule has 2 aromatic rings. The lowest BCUT2D eigenvalue weighted by atomic mass is 10.1. The van der Waals surface area contributed by atoms with Crippen molar-refractivity contribution < 1.29 is 4.79 Å². The molecule has 1 amide bonds. The Morgan fingerprint density at radius 3 is 2.90 bits per heavy atom. The lowest BCUT2D eigenvalue weighted by molar-refractivity contribution is 0.0729. The van der Waals surface area contributed by atoms with Gasteiger partial charge in [-0.25, -0.2) is 0 Å². The Morgan fingerprint density at radius 1 is 1.48 bits per heavy atom. The molecular weight excluding hydrogens is 288 g/mol. The lowest BCUT2D eigenvalue weighted by Gasteiger charge is -2.24. The molecule has 1 atom stereocenters. The van der Waals surface area contributed by atoms with E-state index in [2.05, 4.69) is 10.1 Å². The molecule has 1 aliphatic heterocycles. The zero-order valence-corrected chi connectivity index (χ0v) is 12.8. The topological polar surface area (TPSA) is 51.0 Å². The summed E-state index contributed by atoms with van der Waals surface area (Å²) in [6, 6.07) is 3.97. The summed E-state index contributed by atoms with van der Waals surface area (Å²) in [5, 5.41) is 4.70. The molecule has 6 heteroatoms. The Balaban J connectivity index is 1.92. The van der Waals surface area contributed by atoms with Gasteiger partial charge in [-0.3, -0.25) is 14.5 Å². The van der Waals surface area contributed by atoms with E-state index in [0.29, 0.717) is 10.7 Å². The van der Waals surface area contributed by atoms with E-state index in [1.807, 2.05) is 30.2 Å². The van der Waals surface area contributed by atoms with E-state index in [9.17, 15) is 4.79 Å². The van der Waals surface area contributed by atoms with E-state index in [1.54, 1.807) is 17.9 Å². The molecule has 3 heterocycles. The van der Waals surface area contributed by atoms with Crippen LogP contribution in [0.1, 0.15) is 40.6 Å². The number of carbonyl (C=O) groups excluding carboxylic acids is 1. The molecule has 21 heavy (non-hydrogen) atoms. The van der Waals surface area contributed by atoms with Gasteiger partial charge < -0.3 is 4.90 Å². The van der Waals surface area contributed by atoms with Crippen LogP contribution >= 0.6 is 11.6 Å². The highest BCUT2D eigenvalue weighted by Crippen LogP contribution is 2.33. The van der Waals surface area contributed by atoms with Gasteiger partial charge in [-0.1, -0.05) is 17.7 Å². The van der Waals surface area contributed by atoms with Crippen LogP contribution in [0.4, 0.5) is 0 Å². The fourth-order valence-corrected chi connectivity index (χ4v) is 3.03. The molecule has 0 N–H and O–H groups in total. The van der Waals surface area contributed by atoms with Gasteiger partial charge in [0.05, 0.1) is 16.8 Å². The van der Waals surface area contributed by atoms with E-state index >= 15 is 0 Å². The zero-order chi connectivity index (χ0) is 15.0. The number of likely N-dealkylation sites (tertiary alicyclic amines) is 1. The van der Waals surface area contributed by atoms with Crippen LogP contribution in [0.15, 0.2) is 24.5 Å². The van der Waals surface area contributed by atoms with E-state index < -0.39 is 0 Å². The second kappa shape index (κ2) is 5.48. The monoisotopic (exact) mass is 304 g/mol. The third-order valence-electron chi connectivity index (χ3n) is 4.05. The highest BCUT2D eigenvalue weighted by Gasteiger charge is 2.33. The Morgan fingerprint density at radius 2 is 2.29 bits per heavy atom. The Kier molecular flexibility index (Phi) is 3.68. The third kappa shape index (κ3) is 2.42. The van der Waals surface area contributed by atoms with Gasteiger partial charge in [0.25, 0.3) is 5.91 Å². The maximum atomic E-state index is 12.8. The van der Waals surface area contributed by atoms with Crippen LogP contribution in [0.3, 0.4) is 0 Å². The number of pyridine rings is 1. The van der Waals surface area contributed by atoms with Crippen LogP contribution in [-0.2, 0) is 7.05 Å². The molecule has 0 radical (unpaired) electrons. The summed E-state index contributed by atoms with van der Waals surface area (Å²) in [7, 11) is 1.79. The average Bonchev–Trinajstić information content (AvgIpc) is 3.09. The van der Waals surface area contributed by atoms with Crippen LogP contribution in [0, 0.1) is 6.92 Å². The highest BCUT2D eigenvalue weighted by molar-refractivity contribution is 6.34. The highest BCUT2D eigenvalue weighted by atomic mass is 35.5. The van der Waals surface area contributed by atoms with Crippen molar-refractivity contribution in [3.63, 3.8) is 0 Å². The standard InChI is InChI=1S/C15H17ClN4O/c1-10-13(16)14(18-19(10)2)15(21)20-8-4-6-12(20)11-5-3-7-17-9-11/h3,5,7,9,12H,4,6,8H2,1-2H3. The first-order valence-corrected chi connectivity index (χ1v) is 7.37. The number of halogens is 1. The van der Waals surface area contributed by atoms with Gasteiger partial charge in [-0.05, 0) is 31.4 Å². The minimum absolute atomic E-state index is 0.0598. The molecular formula is C15H17ClN4O. The first kappa shape index (κ1) is 14.1. The van der Waals surface area contributed by atoms with Gasteiger partial charge in [0.1, 0.15) is 0 Å².